The molecule has 0 spiro atoms. The summed E-state index contributed by atoms with van der Waals surface area (Å²) >= 11 is 5.90. The molecule has 0 bridgehead atoms. The number of hydrogen-bond donors (Lipinski definition) is 0. The van der Waals surface area contributed by atoms with Gasteiger partial charge in [0.2, 0.25) is 0 Å². The van der Waals surface area contributed by atoms with E-state index in [0.717, 1.165) is 5.75 Å². The van der Waals surface area contributed by atoms with Crippen LogP contribution in [0.15, 0.2) is 48.5 Å². The Morgan fingerprint density at radius 1 is 0.947 bits per heavy atom. The molecule has 4 heteroatoms. The van der Waals surface area contributed by atoms with E-state index in [1.165, 1.54) is 0 Å². The summed E-state index contributed by atoms with van der Waals surface area (Å²) in [5, 5.41) is 0.386. The molecule has 0 aliphatic heterocycles. The second-order valence-electron chi connectivity index (χ2n) is 3.78. The first-order valence-electron chi connectivity index (χ1n) is 5.85. The third-order valence-electron chi connectivity index (χ3n) is 2.48. The fourth-order valence-corrected chi connectivity index (χ4v) is 1.80. The van der Waals surface area contributed by atoms with Crippen LogP contribution in [0.1, 0.15) is 10.4 Å². The van der Waals surface area contributed by atoms with Crippen LogP contribution in [0.2, 0.25) is 5.02 Å². The quantitative estimate of drug-likeness (QED) is 0.597. The van der Waals surface area contributed by atoms with Crippen molar-refractivity contribution in [3.63, 3.8) is 0 Å². The van der Waals surface area contributed by atoms with Crippen molar-refractivity contribution < 1.29 is 14.3 Å². The van der Waals surface area contributed by atoms with Crippen molar-refractivity contribution >= 4 is 17.9 Å². The molecule has 0 saturated carbocycles. The van der Waals surface area contributed by atoms with Gasteiger partial charge in [0.15, 0.2) is 6.29 Å². The number of para-hydroxylation sites is 1. The summed E-state index contributed by atoms with van der Waals surface area (Å²) in [4.78, 5) is 10.9. The van der Waals surface area contributed by atoms with Gasteiger partial charge in [0.1, 0.15) is 24.7 Å². The van der Waals surface area contributed by atoms with Gasteiger partial charge in [-0.05, 0) is 24.3 Å². The van der Waals surface area contributed by atoms with E-state index in [2.05, 4.69) is 0 Å². The molecule has 0 amide bonds. The first-order chi connectivity index (χ1) is 9.31. The highest BCUT2D eigenvalue weighted by molar-refractivity contribution is 6.33. The summed E-state index contributed by atoms with van der Waals surface area (Å²) in [6, 6.07) is 14.6. The summed E-state index contributed by atoms with van der Waals surface area (Å²) in [7, 11) is 0. The highest BCUT2D eigenvalue weighted by atomic mass is 35.5. The third-order valence-corrected chi connectivity index (χ3v) is 2.81. The Morgan fingerprint density at radius 2 is 1.68 bits per heavy atom. The Kier molecular flexibility index (Phi) is 4.81. The molecule has 3 nitrogen and oxygen atoms in total. The molecule has 19 heavy (non-hydrogen) atoms. The predicted molar refractivity (Wildman–Crippen MR) is 74.3 cm³/mol. The van der Waals surface area contributed by atoms with E-state index in [1.54, 1.807) is 18.2 Å². The molecule has 0 N–H and O–H groups in total. The molecular formula is C15H13ClO3. The Labute approximate surface area is 116 Å². The molecule has 0 radical (unpaired) electrons. The van der Waals surface area contributed by atoms with Crippen LogP contribution in [0, 0.1) is 0 Å². The number of ether oxygens (including phenoxy) is 2. The lowest BCUT2D eigenvalue weighted by atomic mass is 10.2. The number of hydrogen-bond acceptors (Lipinski definition) is 3. The van der Waals surface area contributed by atoms with Crippen molar-refractivity contribution in [2.75, 3.05) is 13.2 Å². The molecule has 0 aliphatic rings. The molecule has 0 heterocycles. The van der Waals surface area contributed by atoms with Crippen LogP contribution in [0.4, 0.5) is 0 Å². The van der Waals surface area contributed by atoms with Gasteiger partial charge in [-0.1, -0.05) is 35.9 Å². The Hall–Kier alpha value is -2.00. The van der Waals surface area contributed by atoms with Gasteiger partial charge in [0, 0.05) is 0 Å². The van der Waals surface area contributed by atoms with E-state index in [0.29, 0.717) is 35.8 Å². The van der Waals surface area contributed by atoms with Crippen molar-refractivity contribution in [2.24, 2.45) is 0 Å². The maximum Gasteiger partial charge on any atom is 0.155 e. The average molecular weight is 277 g/mol. The second kappa shape index (κ2) is 6.81. The van der Waals surface area contributed by atoms with Gasteiger partial charge in [-0.25, -0.2) is 0 Å². The van der Waals surface area contributed by atoms with Crippen LogP contribution in [-0.2, 0) is 0 Å². The molecule has 0 saturated heterocycles. The molecule has 98 valence electrons. The zero-order valence-corrected chi connectivity index (χ0v) is 11.0. The van der Waals surface area contributed by atoms with Gasteiger partial charge in [-0.3, -0.25) is 4.79 Å². The van der Waals surface area contributed by atoms with E-state index in [4.69, 9.17) is 21.1 Å². The van der Waals surface area contributed by atoms with Gasteiger partial charge in [0.25, 0.3) is 0 Å². The summed E-state index contributed by atoms with van der Waals surface area (Å²) < 4.78 is 11.0. The van der Waals surface area contributed by atoms with Gasteiger partial charge in [0.05, 0.1) is 10.6 Å². The minimum atomic E-state index is 0.343. The highest BCUT2D eigenvalue weighted by Crippen LogP contribution is 2.24. The zero-order chi connectivity index (χ0) is 13.5. The van der Waals surface area contributed by atoms with Crippen molar-refractivity contribution in [2.45, 2.75) is 0 Å². The number of carbonyl (C=O) groups excluding carboxylic acids is 1. The van der Waals surface area contributed by atoms with E-state index in [-0.39, 0.29) is 0 Å². The van der Waals surface area contributed by atoms with Crippen LogP contribution in [0.3, 0.4) is 0 Å². The van der Waals surface area contributed by atoms with Gasteiger partial charge in [-0.15, -0.1) is 0 Å². The lowest BCUT2D eigenvalue weighted by Gasteiger charge is -2.10. The summed E-state index contributed by atoms with van der Waals surface area (Å²) in [5.74, 6) is 1.26. The van der Waals surface area contributed by atoms with Crippen molar-refractivity contribution in [1.82, 2.24) is 0 Å². The lowest BCUT2D eigenvalue weighted by Crippen LogP contribution is -2.10. The molecule has 2 rings (SSSR count). The van der Waals surface area contributed by atoms with Crippen molar-refractivity contribution in [3.05, 3.63) is 59.1 Å². The van der Waals surface area contributed by atoms with Crippen LogP contribution in [0.5, 0.6) is 11.5 Å². The minimum absolute atomic E-state index is 0.343. The molecule has 0 fully saturated rings. The van der Waals surface area contributed by atoms with Crippen LogP contribution >= 0.6 is 11.6 Å². The SMILES string of the molecule is O=Cc1c(Cl)cccc1OCCOc1ccccc1. The monoisotopic (exact) mass is 276 g/mol. The first-order valence-corrected chi connectivity index (χ1v) is 6.23. The maximum atomic E-state index is 10.9. The van der Waals surface area contributed by atoms with E-state index in [1.807, 2.05) is 30.3 Å². The summed E-state index contributed by atoms with van der Waals surface area (Å²) in [6.07, 6.45) is 0.690. The topological polar surface area (TPSA) is 35.5 Å². The molecule has 0 unspecified atom stereocenters. The van der Waals surface area contributed by atoms with Crippen molar-refractivity contribution in [1.29, 1.82) is 0 Å². The molecular weight excluding hydrogens is 264 g/mol. The van der Waals surface area contributed by atoms with Gasteiger partial charge < -0.3 is 9.47 Å². The van der Waals surface area contributed by atoms with Crippen LogP contribution in [0.25, 0.3) is 0 Å². The molecule has 0 atom stereocenters. The number of carbonyl (C=O) groups is 1. The highest BCUT2D eigenvalue weighted by Gasteiger charge is 2.06. The predicted octanol–water partition coefficient (Wildman–Crippen LogP) is 3.61. The molecule has 0 aromatic heterocycles. The molecule has 0 aliphatic carbocycles. The summed E-state index contributed by atoms with van der Waals surface area (Å²) in [5.41, 5.74) is 0.365. The van der Waals surface area contributed by atoms with E-state index < -0.39 is 0 Å². The molecule has 2 aromatic rings. The fourth-order valence-electron chi connectivity index (χ4n) is 1.59. The first kappa shape index (κ1) is 13.4. The number of halogens is 1. The lowest BCUT2D eigenvalue weighted by molar-refractivity contribution is 0.111. The fraction of sp³-hybridized carbons (Fsp3) is 0.133. The Balaban J connectivity index is 1.86. The van der Waals surface area contributed by atoms with E-state index in [9.17, 15) is 4.79 Å². The Bertz CT molecular complexity index is 540. The largest absolute Gasteiger partial charge is 0.490 e. The zero-order valence-electron chi connectivity index (χ0n) is 10.2. The average Bonchev–Trinajstić information content (AvgIpc) is 2.45. The summed E-state index contributed by atoms with van der Waals surface area (Å²) in [6.45, 7) is 0.741. The third kappa shape index (κ3) is 3.73. The molecule has 2 aromatic carbocycles. The van der Waals surface area contributed by atoms with Gasteiger partial charge in [-0.2, -0.15) is 0 Å². The number of rotatable bonds is 6. The van der Waals surface area contributed by atoms with Gasteiger partial charge >= 0.3 is 0 Å². The Morgan fingerprint density at radius 3 is 2.42 bits per heavy atom. The standard InChI is InChI=1S/C15H13ClO3/c16-14-7-4-8-15(13(14)11-17)19-10-9-18-12-5-2-1-3-6-12/h1-8,11H,9-10H2. The van der Waals surface area contributed by atoms with Crippen LogP contribution < -0.4 is 9.47 Å². The number of benzene rings is 2. The smallest absolute Gasteiger partial charge is 0.155 e. The second-order valence-corrected chi connectivity index (χ2v) is 4.19. The van der Waals surface area contributed by atoms with Crippen molar-refractivity contribution in [3.8, 4) is 11.5 Å². The normalized spacial score (nSPS) is 9.95. The minimum Gasteiger partial charge on any atom is -0.490 e. The maximum absolute atomic E-state index is 10.9. The number of aldehydes is 1. The van der Waals surface area contributed by atoms with Crippen LogP contribution in [-0.4, -0.2) is 19.5 Å². The van der Waals surface area contributed by atoms with E-state index >= 15 is 0 Å².